The van der Waals surface area contributed by atoms with E-state index in [1.165, 1.54) is 0 Å². The number of piperidine rings is 1. The number of amides is 1. The van der Waals surface area contributed by atoms with E-state index in [9.17, 15) is 28.1 Å². The zero-order valence-electron chi connectivity index (χ0n) is 15.6. The first-order valence-corrected chi connectivity index (χ1v) is 8.86. The number of alkyl halides is 3. The van der Waals surface area contributed by atoms with E-state index < -0.39 is 22.4 Å². The number of nitro groups is 1. The maximum absolute atomic E-state index is 12.8. The third-order valence-corrected chi connectivity index (χ3v) is 4.70. The quantitative estimate of drug-likeness (QED) is 0.567. The topological polar surface area (TPSA) is 66.7 Å². The van der Waals surface area contributed by atoms with Crippen molar-refractivity contribution >= 4 is 17.3 Å². The van der Waals surface area contributed by atoms with E-state index in [0.29, 0.717) is 44.5 Å². The van der Waals surface area contributed by atoms with E-state index in [1.54, 1.807) is 16.8 Å². The van der Waals surface area contributed by atoms with Gasteiger partial charge in [-0.1, -0.05) is 13.8 Å². The van der Waals surface area contributed by atoms with Gasteiger partial charge in [0.05, 0.1) is 10.5 Å². The van der Waals surface area contributed by atoms with E-state index >= 15 is 0 Å². The van der Waals surface area contributed by atoms with Crippen LogP contribution in [0.15, 0.2) is 18.2 Å². The number of benzene rings is 1. The highest BCUT2D eigenvalue weighted by molar-refractivity contribution is 5.79. The van der Waals surface area contributed by atoms with Gasteiger partial charge in [-0.15, -0.1) is 0 Å². The van der Waals surface area contributed by atoms with Crippen molar-refractivity contribution in [2.24, 2.45) is 11.8 Å². The second-order valence-electron chi connectivity index (χ2n) is 7.33. The Balaban J connectivity index is 2.12. The van der Waals surface area contributed by atoms with Crippen LogP contribution in [-0.2, 0) is 11.0 Å². The van der Waals surface area contributed by atoms with Crippen molar-refractivity contribution in [3.05, 3.63) is 33.9 Å². The number of carbonyl (C=O) groups is 1. The lowest BCUT2D eigenvalue weighted by Gasteiger charge is -2.34. The second-order valence-corrected chi connectivity index (χ2v) is 7.33. The summed E-state index contributed by atoms with van der Waals surface area (Å²) in [5.41, 5.74) is -1.45. The fourth-order valence-electron chi connectivity index (χ4n) is 3.43. The highest BCUT2D eigenvalue weighted by Gasteiger charge is 2.35. The summed E-state index contributed by atoms with van der Waals surface area (Å²) in [6.45, 7) is 5.48. The van der Waals surface area contributed by atoms with Crippen LogP contribution in [0.5, 0.6) is 0 Å². The highest BCUT2D eigenvalue weighted by atomic mass is 19.4. The van der Waals surface area contributed by atoms with Crippen LogP contribution in [-0.4, -0.2) is 42.4 Å². The molecule has 0 aliphatic carbocycles. The predicted octanol–water partition coefficient (Wildman–Crippen LogP) is 3.94. The predicted molar refractivity (Wildman–Crippen MR) is 95.5 cm³/mol. The first kappa shape index (κ1) is 21.0. The third-order valence-electron chi connectivity index (χ3n) is 4.70. The normalized spacial score (nSPS) is 15.9. The van der Waals surface area contributed by atoms with Gasteiger partial charge < -0.3 is 9.80 Å². The average Bonchev–Trinajstić information content (AvgIpc) is 2.59. The number of nitro benzene ring substituents is 1. The lowest BCUT2D eigenvalue weighted by molar-refractivity contribution is -0.384. The maximum Gasteiger partial charge on any atom is 0.416 e. The summed E-state index contributed by atoms with van der Waals surface area (Å²) in [5.74, 6) is 0.234. The zero-order valence-corrected chi connectivity index (χ0v) is 15.6. The van der Waals surface area contributed by atoms with Crippen LogP contribution in [0.25, 0.3) is 0 Å². The van der Waals surface area contributed by atoms with Crippen molar-refractivity contribution in [3.63, 3.8) is 0 Å². The minimum absolute atomic E-state index is 0.0465. The summed E-state index contributed by atoms with van der Waals surface area (Å²) < 4.78 is 38.5. The van der Waals surface area contributed by atoms with E-state index in [0.717, 1.165) is 12.1 Å². The van der Waals surface area contributed by atoms with E-state index in [-0.39, 0.29) is 17.5 Å². The largest absolute Gasteiger partial charge is 0.416 e. The molecule has 1 amide bonds. The Kier molecular flexibility index (Phi) is 6.33. The number of anilines is 1. The SMILES string of the molecule is CC(C)CN(C)C(=O)C1CCN(c2ccc(C(F)(F)F)cc2[N+](=O)[O-])CC1. The first-order chi connectivity index (χ1) is 12.5. The molecule has 1 aliphatic rings. The summed E-state index contributed by atoms with van der Waals surface area (Å²) >= 11 is 0. The molecular weight excluding hydrogens is 363 g/mol. The molecule has 0 N–H and O–H groups in total. The number of nitrogens with zero attached hydrogens (tertiary/aromatic N) is 3. The minimum Gasteiger partial charge on any atom is -0.366 e. The molecule has 2 rings (SSSR count). The Morgan fingerprint density at radius 2 is 1.93 bits per heavy atom. The Labute approximate surface area is 156 Å². The molecule has 1 aromatic carbocycles. The van der Waals surface area contributed by atoms with Crippen molar-refractivity contribution < 1.29 is 22.9 Å². The van der Waals surface area contributed by atoms with E-state index in [4.69, 9.17) is 0 Å². The molecule has 0 saturated carbocycles. The third kappa shape index (κ3) is 5.11. The molecule has 0 bridgehead atoms. The van der Waals surface area contributed by atoms with Crippen LogP contribution in [0.2, 0.25) is 0 Å². The lowest BCUT2D eigenvalue weighted by atomic mass is 9.94. The van der Waals surface area contributed by atoms with Crippen molar-refractivity contribution in [2.45, 2.75) is 32.9 Å². The van der Waals surface area contributed by atoms with Crippen molar-refractivity contribution in [1.29, 1.82) is 0 Å². The van der Waals surface area contributed by atoms with Gasteiger partial charge in [0.2, 0.25) is 5.91 Å². The summed E-state index contributed by atoms with van der Waals surface area (Å²) in [6.07, 6.45) is -3.61. The number of rotatable bonds is 5. The van der Waals surface area contributed by atoms with Gasteiger partial charge in [0.1, 0.15) is 5.69 Å². The van der Waals surface area contributed by atoms with Crippen LogP contribution in [0.1, 0.15) is 32.3 Å². The molecule has 1 heterocycles. The second kappa shape index (κ2) is 8.14. The smallest absolute Gasteiger partial charge is 0.366 e. The van der Waals surface area contributed by atoms with Gasteiger partial charge in [0, 0.05) is 38.7 Å². The Morgan fingerprint density at radius 1 is 1.33 bits per heavy atom. The Morgan fingerprint density at radius 3 is 2.41 bits per heavy atom. The zero-order chi connectivity index (χ0) is 20.4. The van der Waals surface area contributed by atoms with Gasteiger partial charge in [-0.25, -0.2) is 0 Å². The number of halogens is 3. The molecule has 1 aliphatic heterocycles. The molecule has 1 fully saturated rings. The summed E-state index contributed by atoms with van der Waals surface area (Å²) in [6, 6.07) is 2.58. The van der Waals surface area contributed by atoms with Crippen LogP contribution in [0.3, 0.4) is 0 Å². The van der Waals surface area contributed by atoms with Gasteiger partial charge in [-0.05, 0) is 30.9 Å². The monoisotopic (exact) mass is 387 g/mol. The minimum atomic E-state index is -4.64. The molecule has 0 aromatic heterocycles. The Bertz CT molecular complexity index is 699. The molecule has 150 valence electrons. The van der Waals surface area contributed by atoms with Crippen molar-refractivity contribution in [2.75, 3.05) is 31.6 Å². The molecule has 9 heteroatoms. The summed E-state index contributed by atoms with van der Waals surface area (Å²) in [4.78, 5) is 26.3. The number of hydrogen-bond acceptors (Lipinski definition) is 4. The first-order valence-electron chi connectivity index (χ1n) is 8.86. The molecule has 27 heavy (non-hydrogen) atoms. The van der Waals surface area contributed by atoms with Crippen LogP contribution in [0, 0.1) is 22.0 Å². The van der Waals surface area contributed by atoms with Gasteiger partial charge >= 0.3 is 6.18 Å². The van der Waals surface area contributed by atoms with E-state index in [1.807, 2.05) is 13.8 Å². The molecule has 6 nitrogen and oxygen atoms in total. The molecule has 0 radical (unpaired) electrons. The van der Waals surface area contributed by atoms with Crippen molar-refractivity contribution in [1.82, 2.24) is 4.90 Å². The van der Waals surface area contributed by atoms with Crippen LogP contribution >= 0.6 is 0 Å². The van der Waals surface area contributed by atoms with Gasteiger partial charge in [-0.2, -0.15) is 13.2 Å². The highest BCUT2D eigenvalue weighted by Crippen LogP contribution is 2.37. The van der Waals surface area contributed by atoms with Crippen LogP contribution in [0.4, 0.5) is 24.5 Å². The van der Waals surface area contributed by atoms with Gasteiger partial charge in [0.25, 0.3) is 5.69 Å². The number of carbonyl (C=O) groups excluding carboxylic acids is 1. The molecule has 1 aromatic rings. The fraction of sp³-hybridized carbons (Fsp3) is 0.611. The van der Waals surface area contributed by atoms with E-state index in [2.05, 4.69) is 0 Å². The molecule has 0 unspecified atom stereocenters. The fourth-order valence-corrected chi connectivity index (χ4v) is 3.43. The molecule has 0 spiro atoms. The standard InChI is InChI=1S/C18H24F3N3O3/c1-12(2)11-22(3)17(25)13-6-8-23(9-7-13)15-5-4-14(18(19,20)21)10-16(15)24(26)27/h4-5,10,12-13H,6-9,11H2,1-3H3. The van der Waals surface area contributed by atoms with Gasteiger partial charge in [-0.3, -0.25) is 14.9 Å². The molecule has 1 saturated heterocycles. The van der Waals surface area contributed by atoms with Crippen LogP contribution < -0.4 is 4.90 Å². The molecular formula is C18H24F3N3O3. The lowest BCUT2D eigenvalue weighted by Crippen LogP contribution is -2.42. The number of hydrogen-bond donors (Lipinski definition) is 0. The summed E-state index contributed by atoms with van der Waals surface area (Å²) in [5, 5.41) is 11.3. The maximum atomic E-state index is 12.8. The summed E-state index contributed by atoms with van der Waals surface area (Å²) in [7, 11) is 1.76. The molecule has 0 atom stereocenters. The Hall–Kier alpha value is -2.32. The van der Waals surface area contributed by atoms with Gasteiger partial charge in [0.15, 0.2) is 0 Å². The van der Waals surface area contributed by atoms with Crippen molar-refractivity contribution in [3.8, 4) is 0 Å². The average molecular weight is 387 g/mol.